The average Bonchev–Trinajstić information content (AvgIpc) is 2.38. The highest BCUT2D eigenvalue weighted by molar-refractivity contribution is 5.42. The van der Waals surface area contributed by atoms with Crippen molar-refractivity contribution in [1.29, 1.82) is 0 Å². The van der Waals surface area contributed by atoms with Gasteiger partial charge in [-0.1, -0.05) is 38.5 Å². The zero-order valence-corrected chi connectivity index (χ0v) is 12.3. The number of hydrogen-bond acceptors (Lipinski definition) is 3. The number of aliphatic hydroxyl groups is 1. The summed E-state index contributed by atoms with van der Waals surface area (Å²) in [5, 5.41) is 9.49. The lowest BCUT2D eigenvalue weighted by Crippen LogP contribution is -2.31. The Labute approximate surface area is 116 Å². The number of rotatable bonds is 2. The quantitative estimate of drug-likeness (QED) is 0.829. The van der Waals surface area contributed by atoms with Crippen molar-refractivity contribution in [3.05, 3.63) is 35.5 Å². The average molecular weight is 260 g/mol. The van der Waals surface area contributed by atoms with Crippen LogP contribution in [0.4, 0.5) is 5.82 Å². The molecule has 1 aliphatic heterocycles. The molecular formula is C16H24N2O. The van der Waals surface area contributed by atoms with E-state index in [0.717, 1.165) is 30.9 Å². The minimum Gasteiger partial charge on any atom is -0.389 e. The van der Waals surface area contributed by atoms with Crippen LogP contribution in [-0.2, 0) is 0 Å². The lowest BCUT2D eigenvalue weighted by molar-refractivity contribution is 0.199. The highest BCUT2D eigenvalue weighted by Gasteiger charge is 2.21. The van der Waals surface area contributed by atoms with E-state index in [1.807, 2.05) is 12.1 Å². The normalized spacial score (nSPS) is 18.2. The first kappa shape index (κ1) is 14.1. The summed E-state index contributed by atoms with van der Waals surface area (Å²) in [4.78, 5) is 6.73. The van der Waals surface area contributed by atoms with Crippen LogP contribution in [0.1, 0.15) is 45.8 Å². The van der Waals surface area contributed by atoms with Crippen molar-refractivity contribution in [2.75, 3.05) is 18.0 Å². The zero-order chi connectivity index (χ0) is 14.0. The van der Waals surface area contributed by atoms with Crippen molar-refractivity contribution in [1.82, 2.24) is 4.98 Å². The monoisotopic (exact) mass is 260 g/mol. The molecule has 0 bridgehead atoms. The third-order valence-corrected chi connectivity index (χ3v) is 3.75. The van der Waals surface area contributed by atoms with Crippen LogP contribution in [0.2, 0.25) is 0 Å². The summed E-state index contributed by atoms with van der Waals surface area (Å²) in [5.41, 5.74) is 2.67. The van der Waals surface area contributed by atoms with Gasteiger partial charge in [-0.15, -0.1) is 0 Å². The number of aliphatic hydroxyl groups excluding tert-OH is 1. The van der Waals surface area contributed by atoms with Crippen LogP contribution in [0.5, 0.6) is 0 Å². The zero-order valence-electron chi connectivity index (χ0n) is 12.3. The van der Waals surface area contributed by atoms with E-state index in [9.17, 15) is 5.11 Å². The van der Waals surface area contributed by atoms with Crippen molar-refractivity contribution >= 4 is 5.82 Å². The van der Waals surface area contributed by atoms with E-state index in [1.165, 1.54) is 5.57 Å². The fourth-order valence-electron chi connectivity index (χ4n) is 2.39. The highest BCUT2D eigenvalue weighted by Crippen LogP contribution is 2.31. The minimum absolute atomic E-state index is 0.274. The largest absolute Gasteiger partial charge is 0.389 e. The van der Waals surface area contributed by atoms with Gasteiger partial charge in [0.1, 0.15) is 5.82 Å². The van der Waals surface area contributed by atoms with Crippen molar-refractivity contribution < 1.29 is 5.11 Å². The Bertz CT molecular complexity index is 455. The second kappa shape index (κ2) is 5.33. The van der Waals surface area contributed by atoms with Crippen LogP contribution in [0.3, 0.4) is 0 Å². The van der Waals surface area contributed by atoms with E-state index in [-0.39, 0.29) is 5.41 Å². The van der Waals surface area contributed by atoms with E-state index in [2.05, 4.69) is 36.7 Å². The van der Waals surface area contributed by atoms with Crippen molar-refractivity contribution in [2.45, 2.75) is 40.2 Å². The van der Waals surface area contributed by atoms with Gasteiger partial charge in [-0.25, -0.2) is 4.98 Å². The molecule has 0 saturated heterocycles. The van der Waals surface area contributed by atoms with Crippen LogP contribution in [0, 0.1) is 5.41 Å². The summed E-state index contributed by atoms with van der Waals surface area (Å²) in [6.07, 6.45) is 4.75. The molecule has 0 aromatic carbocycles. The second-order valence-electron chi connectivity index (χ2n) is 6.30. The molecule has 19 heavy (non-hydrogen) atoms. The number of aromatic nitrogens is 1. The van der Waals surface area contributed by atoms with Crippen LogP contribution >= 0.6 is 0 Å². The Kier molecular flexibility index (Phi) is 3.95. The summed E-state index contributed by atoms with van der Waals surface area (Å²) in [6, 6.07) is 3.95. The fraction of sp³-hybridized carbons (Fsp3) is 0.562. The van der Waals surface area contributed by atoms with Gasteiger partial charge < -0.3 is 10.0 Å². The molecule has 1 unspecified atom stereocenters. The molecule has 104 valence electrons. The summed E-state index contributed by atoms with van der Waals surface area (Å²) in [5.74, 6) is 0.994. The molecule has 1 aromatic heterocycles. The first-order chi connectivity index (χ1) is 8.88. The van der Waals surface area contributed by atoms with Crippen molar-refractivity contribution in [2.24, 2.45) is 5.41 Å². The predicted octanol–water partition coefficient (Wildman–Crippen LogP) is 3.32. The van der Waals surface area contributed by atoms with Gasteiger partial charge in [0, 0.05) is 19.3 Å². The summed E-state index contributed by atoms with van der Waals surface area (Å²) in [7, 11) is 0. The third-order valence-electron chi connectivity index (χ3n) is 3.75. The summed E-state index contributed by atoms with van der Waals surface area (Å²) >= 11 is 0. The lowest BCUT2D eigenvalue weighted by Gasteiger charge is -2.32. The number of pyridine rings is 1. The Morgan fingerprint density at radius 1 is 1.32 bits per heavy atom. The molecule has 1 aromatic rings. The van der Waals surface area contributed by atoms with Gasteiger partial charge in [-0.3, -0.25) is 0 Å². The van der Waals surface area contributed by atoms with E-state index >= 15 is 0 Å². The Morgan fingerprint density at radius 3 is 2.47 bits per heavy atom. The fourth-order valence-corrected chi connectivity index (χ4v) is 2.39. The van der Waals surface area contributed by atoms with Gasteiger partial charge in [-0.05, 0) is 30.4 Å². The third kappa shape index (κ3) is 3.35. The summed E-state index contributed by atoms with van der Waals surface area (Å²) < 4.78 is 0. The first-order valence-electron chi connectivity index (χ1n) is 6.96. The van der Waals surface area contributed by atoms with Gasteiger partial charge >= 0.3 is 0 Å². The van der Waals surface area contributed by atoms with Gasteiger partial charge in [0.25, 0.3) is 0 Å². The molecule has 2 heterocycles. The van der Waals surface area contributed by atoms with Crippen LogP contribution in [0.25, 0.3) is 0 Å². The molecular weight excluding hydrogens is 236 g/mol. The SMILES string of the molecule is CC(O)c1ccc(N2CC=C(C(C)(C)C)CC2)nc1. The van der Waals surface area contributed by atoms with Gasteiger partial charge in [0.05, 0.1) is 6.10 Å². The van der Waals surface area contributed by atoms with Gasteiger partial charge in [0.2, 0.25) is 0 Å². The molecule has 0 amide bonds. The maximum Gasteiger partial charge on any atom is 0.128 e. The number of anilines is 1. The van der Waals surface area contributed by atoms with Crippen molar-refractivity contribution in [3.63, 3.8) is 0 Å². The lowest BCUT2D eigenvalue weighted by atomic mass is 9.83. The molecule has 0 fully saturated rings. The predicted molar refractivity (Wildman–Crippen MR) is 79.2 cm³/mol. The Morgan fingerprint density at radius 2 is 2.05 bits per heavy atom. The molecule has 3 nitrogen and oxygen atoms in total. The number of nitrogens with zero attached hydrogens (tertiary/aromatic N) is 2. The van der Waals surface area contributed by atoms with Crippen molar-refractivity contribution in [3.8, 4) is 0 Å². The maximum absolute atomic E-state index is 9.49. The van der Waals surface area contributed by atoms with Gasteiger partial charge in [-0.2, -0.15) is 0 Å². The van der Waals surface area contributed by atoms with E-state index in [4.69, 9.17) is 0 Å². The molecule has 0 spiro atoms. The smallest absolute Gasteiger partial charge is 0.128 e. The van der Waals surface area contributed by atoms with E-state index in [1.54, 1.807) is 13.1 Å². The van der Waals surface area contributed by atoms with E-state index < -0.39 is 6.10 Å². The molecule has 1 N–H and O–H groups in total. The second-order valence-corrected chi connectivity index (χ2v) is 6.30. The van der Waals surface area contributed by atoms with E-state index in [0.29, 0.717) is 0 Å². The summed E-state index contributed by atoms with van der Waals surface area (Å²) in [6.45, 7) is 10.5. The molecule has 1 aliphatic rings. The van der Waals surface area contributed by atoms with Crippen LogP contribution in [-0.4, -0.2) is 23.2 Å². The maximum atomic E-state index is 9.49. The molecule has 0 radical (unpaired) electrons. The number of hydrogen-bond donors (Lipinski definition) is 1. The Hall–Kier alpha value is -1.35. The van der Waals surface area contributed by atoms with Crippen LogP contribution < -0.4 is 4.90 Å². The molecule has 2 rings (SSSR count). The minimum atomic E-state index is -0.449. The molecule has 0 aliphatic carbocycles. The molecule has 3 heteroatoms. The standard InChI is InChI=1S/C16H24N2O/c1-12(19)13-5-6-15(17-11-13)18-9-7-14(8-10-18)16(2,3)4/h5-7,11-12,19H,8-10H2,1-4H3. The topological polar surface area (TPSA) is 36.4 Å². The molecule has 1 atom stereocenters. The van der Waals surface area contributed by atoms with Gasteiger partial charge in [0.15, 0.2) is 0 Å². The molecule has 0 saturated carbocycles. The van der Waals surface area contributed by atoms with Crippen LogP contribution in [0.15, 0.2) is 30.0 Å². The highest BCUT2D eigenvalue weighted by atomic mass is 16.3. The Balaban J connectivity index is 2.07. The first-order valence-corrected chi connectivity index (χ1v) is 6.96.